The molecule has 8 heteroatoms. The Morgan fingerprint density at radius 2 is 2.11 bits per heavy atom. The normalized spacial score (nSPS) is 10.6. The predicted octanol–water partition coefficient (Wildman–Crippen LogP) is 1.22. The minimum atomic E-state index is -3.45. The van der Waals surface area contributed by atoms with E-state index < -0.39 is 15.7 Å². The van der Waals surface area contributed by atoms with Gasteiger partial charge in [-0.1, -0.05) is 13.3 Å². The summed E-state index contributed by atoms with van der Waals surface area (Å²) in [5.74, 6) is -0.679. The maximum atomic E-state index is 11.3. The molecule has 0 aliphatic carbocycles. The molecule has 0 unspecified atom stereocenters. The molecule has 1 heterocycles. The average Bonchev–Trinajstić information content (AvgIpc) is 2.28. The maximum absolute atomic E-state index is 11.3. The van der Waals surface area contributed by atoms with Gasteiger partial charge >= 0.3 is 0 Å². The molecule has 0 saturated carbocycles. The van der Waals surface area contributed by atoms with Gasteiger partial charge in [-0.15, -0.1) is 12.4 Å². The van der Waals surface area contributed by atoms with Crippen LogP contribution in [0.15, 0.2) is 17.3 Å². The van der Waals surface area contributed by atoms with Crippen LogP contribution in [-0.4, -0.2) is 32.1 Å². The second-order valence-corrected chi connectivity index (χ2v) is 5.95. The summed E-state index contributed by atoms with van der Waals surface area (Å²) >= 11 is 0. The van der Waals surface area contributed by atoms with E-state index in [1.54, 1.807) is 0 Å². The Morgan fingerprint density at radius 3 is 2.58 bits per heavy atom. The third kappa shape index (κ3) is 5.04. The van der Waals surface area contributed by atoms with Crippen molar-refractivity contribution in [1.29, 1.82) is 0 Å². The van der Waals surface area contributed by atoms with Crippen molar-refractivity contribution in [2.24, 2.45) is 5.73 Å². The van der Waals surface area contributed by atoms with Gasteiger partial charge in [-0.3, -0.25) is 4.79 Å². The zero-order valence-corrected chi connectivity index (χ0v) is 12.5. The molecule has 0 aliphatic heterocycles. The summed E-state index contributed by atoms with van der Waals surface area (Å²) in [7, 11) is -3.45. The predicted molar refractivity (Wildman–Crippen MR) is 76.5 cm³/mol. The molecular formula is C11H18ClN3O3S. The number of nitrogens with zero attached hydrogens (tertiary/aromatic N) is 1. The van der Waals surface area contributed by atoms with E-state index in [2.05, 4.69) is 10.3 Å². The molecule has 0 aromatic carbocycles. The number of hydrogen-bond acceptors (Lipinski definition) is 5. The number of primary amides is 1. The lowest BCUT2D eigenvalue weighted by Crippen LogP contribution is -2.16. The van der Waals surface area contributed by atoms with E-state index in [1.165, 1.54) is 12.3 Å². The van der Waals surface area contributed by atoms with E-state index >= 15 is 0 Å². The van der Waals surface area contributed by atoms with Gasteiger partial charge in [0.15, 0.2) is 14.9 Å². The third-order valence-electron chi connectivity index (χ3n) is 2.37. The monoisotopic (exact) mass is 307 g/mol. The first-order chi connectivity index (χ1) is 8.36. The van der Waals surface area contributed by atoms with Gasteiger partial charge in [0, 0.05) is 12.8 Å². The van der Waals surface area contributed by atoms with Gasteiger partial charge in [-0.25, -0.2) is 13.4 Å². The number of nitrogens with one attached hydrogen (secondary N) is 1. The summed E-state index contributed by atoms with van der Waals surface area (Å²) in [6, 6.07) is 1.20. The van der Waals surface area contributed by atoms with Crippen molar-refractivity contribution in [1.82, 2.24) is 4.98 Å². The van der Waals surface area contributed by atoms with Gasteiger partial charge in [0.05, 0.1) is 17.4 Å². The first-order valence-electron chi connectivity index (χ1n) is 5.60. The highest BCUT2D eigenvalue weighted by atomic mass is 35.5. The molecule has 6 nitrogen and oxygen atoms in total. The molecule has 0 saturated heterocycles. The van der Waals surface area contributed by atoms with Gasteiger partial charge in [0.25, 0.3) is 5.91 Å². The lowest BCUT2D eigenvalue weighted by molar-refractivity contribution is 0.100. The number of carbonyl (C=O) groups excluding carboxylic acids is 1. The van der Waals surface area contributed by atoms with Gasteiger partial charge in [0.2, 0.25) is 0 Å². The number of anilines is 1. The molecule has 0 aliphatic rings. The van der Waals surface area contributed by atoms with Crippen LogP contribution >= 0.6 is 12.4 Å². The molecule has 0 radical (unpaired) electrons. The molecule has 3 N–H and O–H groups in total. The highest BCUT2D eigenvalue weighted by Crippen LogP contribution is 2.17. The van der Waals surface area contributed by atoms with Crippen molar-refractivity contribution in [2.75, 3.05) is 18.1 Å². The van der Waals surface area contributed by atoms with Crippen molar-refractivity contribution < 1.29 is 13.2 Å². The Morgan fingerprint density at radius 1 is 1.47 bits per heavy atom. The lowest BCUT2D eigenvalue weighted by atomic mass is 10.2. The first-order valence-corrected chi connectivity index (χ1v) is 7.49. The lowest BCUT2D eigenvalue weighted by Gasteiger charge is -2.10. The molecule has 19 heavy (non-hydrogen) atoms. The first kappa shape index (κ1) is 17.7. The number of halogens is 1. The molecule has 108 valence electrons. The highest BCUT2D eigenvalue weighted by Gasteiger charge is 2.15. The van der Waals surface area contributed by atoms with E-state index in [4.69, 9.17) is 5.73 Å². The molecular weight excluding hydrogens is 290 g/mol. The van der Waals surface area contributed by atoms with Crippen molar-refractivity contribution in [3.05, 3.63) is 17.8 Å². The maximum Gasteiger partial charge on any atom is 0.250 e. The van der Waals surface area contributed by atoms with Gasteiger partial charge in [-0.2, -0.15) is 0 Å². The summed E-state index contributed by atoms with van der Waals surface area (Å²) in [5.41, 5.74) is 5.83. The number of nitrogens with two attached hydrogens (primary N) is 1. The number of aromatic nitrogens is 1. The van der Waals surface area contributed by atoms with E-state index in [0.29, 0.717) is 12.2 Å². The van der Waals surface area contributed by atoms with Crippen LogP contribution in [0.3, 0.4) is 0 Å². The van der Waals surface area contributed by atoms with E-state index in [1.807, 2.05) is 6.92 Å². The smallest absolute Gasteiger partial charge is 0.250 e. The van der Waals surface area contributed by atoms with Gasteiger partial charge in [-0.05, 0) is 12.5 Å². The Bertz CT molecular complexity index is 546. The molecule has 1 rings (SSSR count). The number of sulfone groups is 1. The fraction of sp³-hybridized carbons (Fsp3) is 0.455. The van der Waals surface area contributed by atoms with Gasteiger partial charge < -0.3 is 11.1 Å². The van der Waals surface area contributed by atoms with Crippen LogP contribution < -0.4 is 11.1 Å². The molecule has 1 aromatic rings. The van der Waals surface area contributed by atoms with Crippen LogP contribution in [0.25, 0.3) is 0 Å². The minimum absolute atomic E-state index is 0. The molecule has 0 atom stereocenters. The Kier molecular flexibility index (Phi) is 6.78. The highest BCUT2D eigenvalue weighted by molar-refractivity contribution is 7.90. The molecule has 0 fully saturated rings. The standard InChI is InChI=1S/C11H17N3O3S.ClH/c1-3-4-5-13-9-7-14-10(18(2,16)17)6-8(9)11(12)15;/h6-7,13H,3-5H2,1-2H3,(H2,12,15);1H. The van der Waals surface area contributed by atoms with Crippen molar-refractivity contribution in [2.45, 2.75) is 24.8 Å². The van der Waals surface area contributed by atoms with Crippen LogP contribution in [0.5, 0.6) is 0 Å². The van der Waals surface area contributed by atoms with E-state index in [-0.39, 0.29) is 23.0 Å². The van der Waals surface area contributed by atoms with E-state index in [0.717, 1.165) is 19.1 Å². The van der Waals surface area contributed by atoms with Crippen molar-refractivity contribution in [3.8, 4) is 0 Å². The summed E-state index contributed by atoms with van der Waals surface area (Å²) < 4.78 is 22.7. The Labute approximate surface area is 119 Å². The van der Waals surface area contributed by atoms with E-state index in [9.17, 15) is 13.2 Å². The summed E-state index contributed by atoms with van der Waals surface area (Å²) in [6.07, 6.45) is 4.30. The number of pyridine rings is 1. The van der Waals surface area contributed by atoms with Gasteiger partial charge in [0.1, 0.15) is 0 Å². The largest absolute Gasteiger partial charge is 0.383 e. The average molecular weight is 308 g/mol. The van der Waals surface area contributed by atoms with Crippen LogP contribution in [-0.2, 0) is 9.84 Å². The second-order valence-electron chi connectivity index (χ2n) is 3.98. The zero-order valence-electron chi connectivity index (χ0n) is 10.8. The zero-order chi connectivity index (χ0) is 13.8. The molecule has 0 spiro atoms. The summed E-state index contributed by atoms with van der Waals surface area (Å²) in [6.45, 7) is 2.72. The number of carbonyl (C=O) groups is 1. The summed E-state index contributed by atoms with van der Waals surface area (Å²) in [4.78, 5) is 15.1. The van der Waals surface area contributed by atoms with Crippen LogP contribution in [0.1, 0.15) is 30.1 Å². The Balaban J connectivity index is 0.00000324. The number of hydrogen-bond donors (Lipinski definition) is 2. The fourth-order valence-corrected chi connectivity index (χ4v) is 1.96. The van der Waals surface area contributed by atoms with Crippen LogP contribution in [0.2, 0.25) is 0 Å². The fourth-order valence-electron chi connectivity index (χ4n) is 1.38. The third-order valence-corrected chi connectivity index (χ3v) is 3.35. The molecule has 1 aromatic heterocycles. The topological polar surface area (TPSA) is 102 Å². The van der Waals surface area contributed by atoms with Crippen molar-refractivity contribution in [3.63, 3.8) is 0 Å². The SMILES string of the molecule is CCCCNc1cnc(S(C)(=O)=O)cc1C(N)=O.Cl. The number of unbranched alkanes of at least 4 members (excludes halogenated alkanes) is 1. The Hall–Kier alpha value is -1.34. The molecule has 0 bridgehead atoms. The molecule has 1 amide bonds. The summed E-state index contributed by atoms with van der Waals surface area (Å²) in [5, 5.41) is 2.86. The van der Waals surface area contributed by atoms with Crippen LogP contribution in [0, 0.1) is 0 Å². The number of rotatable bonds is 6. The van der Waals surface area contributed by atoms with Crippen molar-refractivity contribution >= 4 is 33.8 Å². The minimum Gasteiger partial charge on any atom is -0.383 e. The second kappa shape index (κ2) is 7.30. The quantitative estimate of drug-likeness (QED) is 0.769. The number of amides is 1. The van der Waals surface area contributed by atoms with Crippen LogP contribution in [0.4, 0.5) is 5.69 Å².